The summed E-state index contributed by atoms with van der Waals surface area (Å²) in [6.45, 7) is 0. The number of para-hydroxylation sites is 1. The second-order valence-corrected chi connectivity index (χ2v) is 8.87. The van der Waals surface area contributed by atoms with E-state index in [0.29, 0.717) is 0 Å². The number of rotatable bonds is 0. The Morgan fingerprint density at radius 2 is 1.54 bits per heavy atom. The highest BCUT2D eigenvalue weighted by molar-refractivity contribution is 6.14. The van der Waals surface area contributed by atoms with E-state index in [4.69, 9.17) is 9.40 Å². The topological polar surface area (TPSA) is 26.0 Å². The number of benzene rings is 2. The first-order valence-corrected chi connectivity index (χ1v) is 10.1. The third kappa shape index (κ3) is 1.66. The first-order chi connectivity index (χ1) is 12.8. The highest BCUT2D eigenvalue weighted by atomic mass is 16.3. The van der Waals surface area contributed by atoms with Crippen molar-refractivity contribution in [1.82, 2.24) is 4.98 Å². The Balaban J connectivity index is 1.59. The molecule has 0 aliphatic heterocycles. The number of furan rings is 1. The minimum Gasteiger partial charge on any atom is -0.454 e. The van der Waals surface area contributed by atoms with Crippen molar-refractivity contribution in [2.24, 2.45) is 11.8 Å². The number of hydrogen-bond acceptors (Lipinski definition) is 2. The summed E-state index contributed by atoms with van der Waals surface area (Å²) in [6.07, 6.45) is 9.23. The van der Waals surface area contributed by atoms with Gasteiger partial charge in [0.25, 0.3) is 0 Å². The molecule has 2 unspecified atom stereocenters. The van der Waals surface area contributed by atoms with Crippen molar-refractivity contribution in [1.29, 1.82) is 0 Å². The summed E-state index contributed by atoms with van der Waals surface area (Å²) in [5, 5.41) is 3.74. The Kier molecular flexibility index (Phi) is 2.48. The number of nitrogens with zero attached hydrogens (tertiary/aromatic N) is 1. The smallest absolute Gasteiger partial charge is 0.161 e. The van der Waals surface area contributed by atoms with Crippen LogP contribution in [0.5, 0.6) is 0 Å². The molecule has 2 aromatic heterocycles. The minimum absolute atomic E-state index is 0.730. The second-order valence-electron chi connectivity index (χ2n) is 8.87. The van der Waals surface area contributed by atoms with E-state index in [1.165, 1.54) is 48.3 Å². The van der Waals surface area contributed by atoms with Crippen LogP contribution >= 0.6 is 0 Å². The van der Waals surface area contributed by atoms with Crippen molar-refractivity contribution in [3.63, 3.8) is 0 Å². The molecule has 2 nitrogen and oxygen atoms in total. The molecular weight excluding hydrogens is 318 g/mol. The van der Waals surface area contributed by atoms with E-state index in [1.54, 1.807) is 11.1 Å². The average Bonchev–Trinajstić information content (AvgIpc) is 2.96. The lowest BCUT2D eigenvalue weighted by atomic mass is 9.67. The molecule has 4 aliphatic rings. The number of hydrogen-bond donors (Lipinski definition) is 0. The number of aromatic nitrogens is 1. The van der Waals surface area contributed by atoms with Gasteiger partial charge in [-0.15, -0.1) is 0 Å². The first kappa shape index (κ1) is 13.8. The molecule has 4 bridgehead atoms. The summed E-state index contributed by atoms with van der Waals surface area (Å²) in [5.74, 6) is 3.35. The zero-order valence-electron chi connectivity index (χ0n) is 14.7. The Hall–Kier alpha value is -2.35. The second kappa shape index (κ2) is 4.68. The largest absolute Gasteiger partial charge is 0.454 e. The van der Waals surface area contributed by atoms with Crippen LogP contribution in [-0.4, -0.2) is 4.98 Å². The predicted octanol–water partition coefficient (Wildman–Crippen LogP) is 6.53. The molecule has 0 amide bonds. The molecule has 2 heteroatoms. The summed E-state index contributed by atoms with van der Waals surface area (Å²) in [5.41, 5.74) is 6.18. The van der Waals surface area contributed by atoms with Crippen molar-refractivity contribution in [2.45, 2.75) is 43.9 Å². The predicted molar refractivity (Wildman–Crippen MR) is 105 cm³/mol. The highest BCUT2D eigenvalue weighted by Crippen LogP contribution is 2.57. The Labute approximate surface area is 152 Å². The maximum atomic E-state index is 6.27. The number of fused-ring (bicyclic) bond motifs is 5. The van der Waals surface area contributed by atoms with Gasteiger partial charge in [0.1, 0.15) is 11.1 Å². The Bertz CT molecular complexity index is 1190. The molecule has 2 fully saturated rings. The molecule has 2 aromatic carbocycles. The van der Waals surface area contributed by atoms with Gasteiger partial charge < -0.3 is 4.42 Å². The van der Waals surface area contributed by atoms with E-state index in [0.717, 1.165) is 40.4 Å². The van der Waals surface area contributed by atoms with Gasteiger partial charge in [0.05, 0.1) is 0 Å². The van der Waals surface area contributed by atoms with Crippen molar-refractivity contribution >= 4 is 32.8 Å². The normalized spacial score (nSPS) is 29.5. The molecule has 0 radical (unpaired) electrons. The molecule has 2 heterocycles. The summed E-state index contributed by atoms with van der Waals surface area (Å²) in [4.78, 5) is 4.97. The van der Waals surface area contributed by atoms with E-state index in [2.05, 4.69) is 36.5 Å². The zero-order valence-corrected chi connectivity index (χ0v) is 14.7. The van der Waals surface area contributed by atoms with E-state index in [9.17, 15) is 0 Å². The molecule has 26 heavy (non-hydrogen) atoms. The van der Waals surface area contributed by atoms with E-state index >= 15 is 0 Å². The maximum Gasteiger partial charge on any atom is 0.161 e. The fraction of sp³-hybridized carbons (Fsp3) is 0.375. The van der Waals surface area contributed by atoms with Crippen molar-refractivity contribution in [2.75, 3.05) is 0 Å². The van der Waals surface area contributed by atoms with Gasteiger partial charge in [-0.25, -0.2) is 0 Å². The van der Waals surface area contributed by atoms with Crippen LogP contribution in [0.2, 0.25) is 0 Å². The van der Waals surface area contributed by atoms with Crippen LogP contribution in [-0.2, 0) is 0 Å². The van der Waals surface area contributed by atoms with E-state index < -0.39 is 0 Å². The summed E-state index contributed by atoms with van der Waals surface area (Å²) < 4.78 is 6.27. The van der Waals surface area contributed by atoms with E-state index in [-0.39, 0.29) is 0 Å². The van der Waals surface area contributed by atoms with Crippen LogP contribution in [0.4, 0.5) is 0 Å². The Morgan fingerprint density at radius 3 is 2.42 bits per heavy atom. The van der Waals surface area contributed by atoms with Gasteiger partial charge in [-0.3, -0.25) is 4.98 Å². The molecule has 4 aromatic rings. The highest BCUT2D eigenvalue weighted by Gasteiger charge is 2.42. The SMILES string of the molecule is c1ccc2c(c1)oc1c2ccc2c3c(cnc21)C1CC2CC(C1)CC3C2. The minimum atomic E-state index is 0.730. The molecule has 4 aliphatic carbocycles. The fourth-order valence-corrected chi connectivity index (χ4v) is 6.60. The van der Waals surface area contributed by atoms with Crippen LogP contribution in [0.15, 0.2) is 47.0 Å². The summed E-state index contributed by atoms with van der Waals surface area (Å²) in [6, 6.07) is 12.9. The molecule has 0 saturated heterocycles. The third-order valence-corrected chi connectivity index (χ3v) is 7.44. The lowest BCUT2D eigenvalue weighted by Gasteiger charge is -2.38. The van der Waals surface area contributed by atoms with Gasteiger partial charge in [0.15, 0.2) is 5.58 Å². The van der Waals surface area contributed by atoms with Crippen LogP contribution < -0.4 is 0 Å². The number of pyridine rings is 1. The lowest BCUT2D eigenvalue weighted by molar-refractivity contribution is 0.166. The van der Waals surface area contributed by atoms with Gasteiger partial charge in [-0.1, -0.05) is 24.3 Å². The van der Waals surface area contributed by atoms with Crippen LogP contribution in [0.3, 0.4) is 0 Å². The molecule has 0 N–H and O–H groups in total. The third-order valence-electron chi connectivity index (χ3n) is 7.44. The van der Waals surface area contributed by atoms with E-state index in [1.807, 2.05) is 6.07 Å². The van der Waals surface area contributed by atoms with Crippen molar-refractivity contribution in [3.8, 4) is 0 Å². The summed E-state index contributed by atoms with van der Waals surface area (Å²) in [7, 11) is 0. The maximum absolute atomic E-state index is 6.27. The molecule has 2 atom stereocenters. The van der Waals surface area contributed by atoms with Crippen LogP contribution in [0, 0.1) is 11.8 Å². The molecule has 2 saturated carbocycles. The average molecular weight is 339 g/mol. The monoisotopic (exact) mass is 339 g/mol. The molecule has 0 spiro atoms. The van der Waals surface area contributed by atoms with Crippen LogP contribution in [0.25, 0.3) is 32.8 Å². The molecule has 8 rings (SSSR count). The lowest BCUT2D eigenvalue weighted by Crippen LogP contribution is -2.25. The van der Waals surface area contributed by atoms with Gasteiger partial charge in [0, 0.05) is 22.4 Å². The van der Waals surface area contributed by atoms with Gasteiger partial charge >= 0.3 is 0 Å². The van der Waals surface area contributed by atoms with Crippen LogP contribution in [0.1, 0.15) is 55.1 Å². The van der Waals surface area contributed by atoms with Gasteiger partial charge in [-0.2, -0.15) is 0 Å². The van der Waals surface area contributed by atoms with Gasteiger partial charge in [-0.05, 0) is 79.0 Å². The Morgan fingerprint density at radius 1 is 0.769 bits per heavy atom. The van der Waals surface area contributed by atoms with Gasteiger partial charge in [0.2, 0.25) is 0 Å². The fourth-order valence-electron chi connectivity index (χ4n) is 6.60. The quantitative estimate of drug-likeness (QED) is 0.364. The van der Waals surface area contributed by atoms with Crippen molar-refractivity contribution < 1.29 is 4.42 Å². The first-order valence-electron chi connectivity index (χ1n) is 10.1. The van der Waals surface area contributed by atoms with Crippen molar-refractivity contribution in [3.05, 3.63) is 53.7 Å². The molecular formula is C24H21NO. The molecule has 128 valence electrons. The standard InChI is InChI=1S/C24H21NO/c1-2-4-21-17(3-1)18-5-6-19-22-16-10-13-7-14(11-16)9-15(8-13)20(22)12-25-23(19)24(18)26-21/h1-6,12-16H,7-11H2. The zero-order chi connectivity index (χ0) is 16.8. The summed E-state index contributed by atoms with van der Waals surface area (Å²) >= 11 is 0.